The van der Waals surface area contributed by atoms with Crippen molar-refractivity contribution in [3.05, 3.63) is 36.2 Å². The first kappa shape index (κ1) is 15.2. The predicted molar refractivity (Wildman–Crippen MR) is 81.8 cm³/mol. The lowest BCUT2D eigenvalue weighted by atomic mass is 9.79. The van der Waals surface area contributed by atoms with Gasteiger partial charge in [-0.05, 0) is 40.7 Å². The number of pyridine rings is 1. The fourth-order valence-electron chi connectivity index (χ4n) is 2.34. The molecule has 3 rings (SSSR count). The molecule has 1 aliphatic rings. The zero-order valence-corrected chi connectivity index (χ0v) is 13.4. The number of nitrogens with zero attached hydrogens (tertiary/aromatic N) is 3. The highest BCUT2D eigenvalue weighted by Crippen LogP contribution is 2.36. The standard InChI is InChI=1S/C15H19BFN3O2/c1-10-12(16-21-14(2,3)15(4,5)22-16)9-20(19-10)11-6-7-18-13(17)8-11/h6-9H,1-5H3. The van der Waals surface area contributed by atoms with Crippen molar-refractivity contribution in [3.8, 4) is 5.69 Å². The van der Waals surface area contributed by atoms with Crippen LogP contribution >= 0.6 is 0 Å². The quantitative estimate of drug-likeness (QED) is 0.629. The van der Waals surface area contributed by atoms with Gasteiger partial charge >= 0.3 is 7.12 Å². The van der Waals surface area contributed by atoms with E-state index >= 15 is 0 Å². The second kappa shape index (κ2) is 4.89. The first-order valence-corrected chi connectivity index (χ1v) is 7.23. The van der Waals surface area contributed by atoms with Gasteiger partial charge < -0.3 is 9.31 Å². The van der Waals surface area contributed by atoms with Crippen LogP contribution in [0.5, 0.6) is 0 Å². The molecule has 0 bridgehead atoms. The molecule has 2 aromatic rings. The Kier molecular flexibility index (Phi) is 3.38. The molecule has 5 nitrogen and oxygen atoms in total. The molecule has 2 aromatic heterocycles. The first-order valence-electron chi connectivity index (χ1n) is 7.23. The second-order valence-electron chi connectivity index (χ2n) is 6.54. The lowest BCUT2D eigenvalue weighted by Gasteiger charge is -2.32. The molecule has 22 heavy (non-hydrogen) atoms. The molecule has 0 radical (unpaired) electrons. The molecule has 0 N–H and O–H groups in total. The number of hydrogen-bond donors (Lipinski definition) is 0. The average Bonchev–Trinajstić information content (AvgIpc) is 2.88. The fourth-order valence-corrected chi connectivity index (χ4v) is 2.34. The maximum absolute atomic E-state index is 13.3. The number of aromatic nitrogens is 3. The Morgan fingerprint density at radius 3 is 2.41 bits per heavy atom. The minimum Gasteiger partial charge on any atom is -0.399 e. The highest BCUT2D eigenvalue weighted by Gasteiger charge is 2.52. The van der Waals surface area contributed by atoms with E-state index in [4.69, 9.17) is 9.31 Å². The molecule has 1 fully saturated rings. The summed E-state index contributed by atoms with van der Waals surface area (Å²) in [6, 6.07) is 3.03. The summed E-state index contributed by atoms with van der Waals surface area (Å²) in [6.07, 6.45) is 3.22. The average molecular weight is 303 g/mol. The largest absolute Gasteiger partial charge is 0.498 e. The molecule has 0 aliphatic carbocycles. The van der Waals surface area contributed by atoms with Crippen LogP contribution in [0.15, 0.2) is 24.5 Å². The number of halogens is 1. The van der Waals surface area contributed by atoms with Crippen LogP contribution in [-0.4, -0.2) is 33.1 Å². The van der Waals surface area contributed by atoms with E-state index in [2.05, 4.69) is 10.1 Å². The Bertz CT molecular complexity index is 699. The lowest BCUT2D eigenvalue weighted by Crippen LogP contribution is -2.41. The molecule has 0 saturated carbocycles. The highest BCUT2D eigenvalue weighted by atomic mass is 19.1. The van der Waals surface area contributed by atoms with Crippen molar-refractivity contribution in [2.75, 3.05) is 0 Å². The van der Waals surface area contributed by atoms with Gasteiger partial charge in [-0.3, -0.25) is 0 Å². The third-order valence-electron chi connectivity index (χ3n) is 4.42. The maximum atomic E-state index is 13.3. The van der Waals surface area contributed by atoms with Crippen LogP contribution in [0.1, 0.15) is 33.4 Å². The maximum Gasteiger partial charge on any atom is 0.498 e. The first-order chi connectivity index (χ1) is 10.2. The van der Waals surface area contributed by atoms with E-state index in [0.717, 1.165) is 11.2 Å². The molecule has 7 heteroatoms. The highest BCUT2D eigenvalue weighted by molar-refractivity contribution is 6.62. The Hall–Kier alpha value is -1.73. The van der Waals surface area contributed by atoms with Crippen LogP contribution in [0.25, 0.3) is 5.69 Å². The van der Waals surface area contributed by atoms with Gasteiger partial charge in [0.1, 0.15) is 0 Å². The lowest BCUT2D eigenvalue weighted by molar-refractivity contribution is 0.00578. The van der Waals surface area contributed by atoms with Crippen molar-refractivity contribution in [1.29, 1.82) is 0 Å². The van der Waals surface area contributed by atoms with E-state index in [1.54, 1.807) is 10.7 Å². The molecule has 0 unspecified atom stereocenters. The summed E-state index contributed by atoms with van der Waals surface area (Å²) in [5, 5.41) is 4.42. The Morgan fingerprint density at radius 2 is 1.82 bits per heavy atom. The van der Waals surface area contributed by atoms with E-state index in [1.807, 2.05) is 40.8 Å². The van der Waals surface area contributed by atoms with Gasteiger partial charge in [0.05, 0.1) is 22.6 Å². The van der Waals surface area contributed by atoms with Crippen LogP contribution in [0.3, 0.4) is 0 Å². The molecular formula is C15H19BFN3O2. The van der Waals surface area contributed by atoms with Gasteiger partial charge in [-0.15, -0.1) is 0 Å². The van der Waals surface area contributed by atoms with Gasteiger partial charge in [-0.1, -0.05) is 0 Å². The van der Waals surface area contributed by atoms with Crippen LogP contribution in [-0.2, 0) is 9.31 Å². The molecule has 1 aliphatic heterocycles. The second-order valence-corrected chi connectivity index (χ2v) is 6.54. The van der Waals surface area contributed by atoms with Crippen molar-refractivity contribution < 1.29 is 13.7 Å². The number of hydrogen-bond acceptors (Lipinski definition) is 4. The minimum absolute atomic E-state index is 0.408. The van der Waals surface area contributed by atoms with Crippen LogP contribution in [0, 0.1) is 12.9 Å². The zero-order chi connectivity index (χ0) is 16.1. The number of aryl methyl sites for hydroxylation is 1. The molecular weight excluding hydrogens is 284 g/mol. The smallest absolute Gasteiger partial charge is 0.399 e. The SMILES string of the molecule is Cc1nn(-c2ccnc(F)c2)cc1B1OC(C)(C)C(C)(C)O1. The van der Waals surface area contributed by atoms with E-state index in [9.17, 15) is 4.39 Å². The van der Waals surface area contributed by atoms with Gasteiger partial charge in [0.25, 0.3) is 0 Å². The molecule has 0 atom stereocenters. The summed E-state index contributed by atoms with van der Waals surface area (Å²) in [6.45, 7) is 9.90. The predicted octanol–water partition coefficient (Wildman–Crippen LogP) is 2.01. The Balaban J connectivity index is 1.94. The van der Waals surface area contributed by atoms with Crippen molar-refractivity contribution in [1.82, 2.24) is 14.8 Å². The van der Waals surface area contributed by atoms with Crippen molar-refractivity contribution in [2.24, 2.45) is 0 Å². The van der Waals surface area contributed by atoms with Crippen molar-refractivity contribution in [2.45, 2.75) is 45.8 Å². The molecule has 1 saturated heterocycles. The molecule has 116 valence electrons. The summed E-state index contributed by atoms with van der Waals surface area (Å²) in [5.74, 6) is -0.539. The van der Waals surface area contributed by atoms with Gasteiger partial charge in [-0.25, -0.2) is 9.67 Å². The van der Waals surface area contributed by atoms with Crippen molar-refractivity contribution >= 4 is 12.6 Å². The summed E-state index contributed by atoms with van der Waals surface area (Å²) >= 11 is 0. The fraction of sp³-hybridized carbons (Fsp3) is 0.467. The van der Waals surface area contributed by atoms with Gasteiger partial charge in [0.15, 0.2) is 0 Å². The summed E-state index contributed by atoms with van der Waals surface area (Å²) in [7, 11) is -0.481. The van der Waals surface area contributed by atoms with Gasteiger partial charge in [0.2, 0.25) is 5.95 Å². The van der Waals surface area contributed by atoms with E-state index in [1.165, 1.54) is 12.3 Å². The summed E-state index contributed by atoms with van der Waals surface area (Å²) in [4.78, 5) is 3.55. The summed E-state index contributed by atoms with van der Waals surface area (Å²) < 4.78 is 27.0. The minimum atomic E-state index is -0.539. The molecule has 3 heterocycles. The monoisotopic (exact) mass is 303 g/mol. The van der Waals surface area contributed by atoms with Crippen molar-refractivity contribution in [3.63, 3.8) is 0 Å². The molecule has 0 amide bonds. The number of rotatable bonds is 2. The van der Waals surface area contributed by atoms with E-state index < -0.39 is 24.3 Å². The molecule has 0 spiro atoms. The third-order valence-corrected chi connectivity index (χ3v) is 4.42. The normalized spacial score (nSPS) is 19.6. The molecule has 0 aromatic carbocycles. The van der Waals surface area contributed by atoms with Crippen LogP contribution in [0.4, 0.5) is 4.39 Å². The Labute approximate surface area is 129 Å². The van der Waals surface area contributed by atoms with Gasteiger partial charge in [-0.2, -0.15) is 9.49 Å². The van der Waals surface area contributed by atoms with Crippen LogP contribution in [0.2, 0.25) is 0 Å². The topological polar surface area (TPSA) is 49.2 Å². The van der Waals surface area contributed by atoms with Crippen LogP contribution < -0.4 is 5.46 Å². The van der Waals surface area contributed by atoms with E-state index in [-0.39, 0.29) is 0 Å². The summed E-state index contributed by atoms with van der Waals surface area (Å²) in [5.41, 5.74) is 1.43. The third kappa shape index (κ3) is 2.44. The van der Waals surface area contributed by atoms with E-state index in [0.29, 0.717) is 5.69 Å². The zero-order valence-electron chi connectivity index (χ0n) is 13.4. The van der Waals surface area contributed by atoms with Gasteiger partial charge in [0, 0.05) is 23.9 Å². The Morgan fingerprint density at radius 1 is 1.18 bits per heavy atom.